The van der Waals surface area contributed by atoms with Crippen molar-refractivity contribution >= 4 is 17.3 Å². The van der Waals surface area contributed by atoms with Crippen molar-refractivity contribution in [2.45, 2.75) is 37.6 Å². The Morgan fingerprint density at radius 2 is 1.76 bits per heavy atom. The maximum absolute atomic E-state index is 13.6. The molecule has 4 heteroatoms. The zero-order valence-corrected chi connectivity index (χ0v) is 12.9. The molecule has 1 aromatic rings. The summed E-state index contributed by atoms with van der Waals surface area (Å²) in [4.78, 5) is 0. The third-order valence-corrected chi connectivity index (χ3v) is 6.56. The highest BCUT2D eigenvalue weighted by Gasteiger charge is 2.56. The van der Waals surface area contributed by atoms with Crippen molar-refractivity contribution in [3.8, 4) is 0 Å². The summed E-state index contributed by atoms with van der Waals surface area (Å²) < 4.78 is 13.6. The van der Waals surface area contributed by atoms with Gasteiger partial charge in [0, 0.05) is 6.54 Å². The van der Waals surface area contributed by atoms with E-state index in [9.17, 15) is 4.39 Å². The predicted octanol–water partition coefficient (Wildman–Crippen LogP) is 4.04. The molecule has 0 radical (unpaired) electrons. The molecule has 4 saturated carbocycles. The van der Waals surface area contributed by atoms with Gasteiger partial charge in [-0.1, -0.05) is 11.6 Å². The Labute approximate surface area is 130 Å². The van der Waals surface area contributed by atoms with E-state index in [2.05, 4.69) is 5.32 Å². The highest BCUT2D eigenvalue weighted by atomic mass is 35.5. The van der Waals surface area contributed by atoms with E-state index in [1.165, 1.54) is 44.2 Å². The Hall–Kier alpha value is -0.800. The second-order valence-corrected chi connectivity index (χ2v) is 7.71. The van der Waals surface area contributed by atoms with E-state index in [1.807, 2.05) is 0 Å². The Bertz CT molecular complexity index is 532. The molecule has 0 aliphatic heterocycles. The van der Waals surface area contributed by atoms with Crippen molar-refractivity contribution in [1.29, 1.82) is 0 Å². The first-order chi connectivity index (χ1) is 10.1. The summed E-state index contributed by atoms with van der Waals surface area (Å²) in [5, 5.41) is 4.18. The highest BCUT2D eigenvalue weighted by Crippen LogP contribution is 2.59. The van der Waals surface area contributed by atoms with Crippen LogP contribution in [0.25, 0.3) is 0 Å². The summed E-state index contributed by atoms with van der Waals surface area (Å²) >= 11 is 6.26. The fourth-order valence-corrected chi connectivity index (χ4v) is 5.62. The molecule has 1 aromatic carbocycles. The van der Waals surface area contributed by atoms with E-state index in [0.29, 0.717) is 29.1 Å². The topological polar surface area (TPSA) is 38.0 Å². The molecule has 4 aliphatic rings. The molecular formula is C17H22ClFN2. The molecule has 0 aromatic heterocycles. The summed E-state index contributed by atoms with van der Waals surface area (Å²) in [5.41, 5.74) is 6.84. The quantitative estimate of drug-likeness (QED) is 0.884. The number of halogens is 2. The van der Waals surface area contributed by atoms with Gasteiger partial charge in [-0.2, -0.15) is 0 Å². The molecule has 0 atom stereocenters. The Morgan fingerprint density at radius 1 is 1.14 bits per heavy atom. The number of anilines is 1. The van der Waals surface area contributed by atoms with E-state index in [-0.39, 0.29) is 11.4 Å². The summed E-state index contributed by atoms with van der Waals surface area (Å²) in [5.74, 6) is 2.74. The van der Waals surface area contributed by atoms with E-state index < -0.39 is 0 Å². The number of benzene rings is 1. The van der Waals surface area contributed by atoms with Gasteiger partial charge in [-0.3, -0.25) is 0 Å². The zero-order valence-electron chi connectivity index (χ0n) is 12.1. The van der Waals surface area contributed by atoms with Gasteiger partial charge in [-0.05, 0) is 74.0 Å². The Morgan fingerprint density at radius 3 is 2.33 bits per heavy atom. The van der Waals surface area contributed by atoms with Crippen molar-refractivity contribution < 1.29 is 4.39 Å². The van der Waals surface area contributed by atoms with Crippen LogP contribution < -0.4 is 11.1 Å². The molecule has 0 saturated heterocycles. The molecule has 0 spiro atoms. The second-order valence-electron chi connectivity index (χ2n) is 7.30. The lowest BCUT2D eigenvalue weighted by Gasteiger charge is -2.61. The van der Waals surface area contributed by atoms with E-state index in [0.717, 1.165) is 11.8 Å². The van der Waals surface area contributed by atoms with Crippen molar-refractivity contribution in [1.82, 2.24) is 0 Å². The maximum atomic E-state index is 13.6. The van der Waals surface area contributed by atoms with Crippen LogP contribution in [0, 0.1) is 29.5 Å². The van der Waals surface area contributed by atoms with Crippen LogP contribution in [-0.2, 0) is 0 Å². The van der Waals surface area contributed by atoms with Gasteiger partial charge in [0.05, 0.1) is 16.2 Å². The summed E-state index contributed by atoms with van der Waals surface area (Å²) in [6, 6.07) is 4.53. The van der Waals surface area contributed by atoms with Crippen molar-refractivity contribution in [3.05, 3.63) is 29.0 Å². The minimum absolute atomic E-state index is 0.0924. The van der Waals surface area contributed by atoms with Crippen LogP contribution in [0.5, 0.6) is 0 Å². The molecule has 21 heavy (non-hydrogen) atoms. The van der Waals surface area contributed by atoms with Crippen molar-refractivity contribution in [2.24, 2.45) is 29.4 Å². The predicted molar refractivity (Wildman–Crippen MR) is 83.9 cm³/mol. The number of nitrogens with two attached hydrogens (primary N) is 1. The third-order valence-electron chi connectivity index (χ3n) is 6.23. The summed E-state index contributed by atoms with van der Waals surface area (Å²) in [6.07, 6.45) is 6.48. The summed E-state index contributed by atoms with van der Waals surface area (Å²) in [6.45, 7) is 0.606. The number of hydrogen-bond donors (Lipinski definition) is 2. The van der Waals surface area contributed by atoms with Gasteiger partial charge in [0.1, 0.15) is 5.82 Å². The number of nitrogens with one attached hydrogen (secondary N) is 1. The smallest absolute Gasteiger partial charge is 0.125 e. The normalized spacial score (nSPS) is 40.5. The number of hydrogen-bond acceptors (Lipinski definition) is 2. The molecule has 5 rings (SSSR count). The van der Waals surface area contributed by atoms with Crippen LogP contribution in [0.15, 0.2) is 18.2 Å². The average molecular weight is 309 g/mol. The standard InChI is InChI=1S/C17H22ClFN2/c18-15-2-1-14(19)8-16(15)21-17(9-20)12-4-10-3-11(6-12)7-13(17)5-10/h1-2,8,10-13,21H,3-7,9,20H2. The van der Waals surface area contributed by atoms with Crippen LogP contribution in [0.1, 0.15) is 32.1 Å². The second kappa shape index (κ2) is 4.85. The monoisotopic (exact) mass is 308 g/mol. The molecule has 0 unspecified atom stereocenters. The third kappa shape index (κ3) is 2.08. The molecule has 3 N–H and O–H groups in total. The van der Waals surface area contributed by atoms with Gasteiger partial charge in [0.25, 0.3) is 0 Å². The molecule has 4 fully saturated rings. The fourth-order valence-electron chi connectivity index (χ4n) is 5.46. The lowest BCUT2D eigenvalue weighted by molar-refractivity contribution is -0.0405. The van der Waals surface area contributed by atoms with Crippen LogP contribution >= 0.6 is 11.6 Å². The van der Waals surface area contributed by atoms with Gasteiger partial charge >= 0.3 is 0 Å². The number of rotatable bonds is 3. The van der Waals surface area contributed by atoms with Gasteiger partial charge < -0.3 is 11.1 Å². The minimum Gasteiger partial charge on any atom is -0.376 e. The van der Waals surface area contributed by atoms with Crippen LogP contribution in [0.3, 0.4) is 0 Å². The van der Waals surface area contributed by atoms with Crippen LogP contribution in [-0.4, -0.2) is 12.1 Å². The largest absolute Gasteiger partial charge is 0.376 e. The van der Waals surface area contributed by atoms with E-state index >= 15 is 0 Å². The molecular weight excluding hydrogens is 287 g/mol. The lowest BCUT2D eigenvalue weighted by Crippen LogP contribution is -2.65. The molecule has 2 nitrogen and oxygen atoms in total. The highest BCUT2D eigenvalue weighted by molar-refractivity contribution is 6.33. The van der Waals surface area contributed by atoms with Gasteiger partial charge in [-0.25, -0.2) is 4.39 Å². The van der Waals surface area contributed by atoms with Crippen molar-refractivity contribution in [3.63, 3.8) is 0 Å². The Balaban J connectivity index is 1.69. The average Bonchev–Trinajstić information content (AvgIpc) is 2.46. The van der Waals surface area contributed by atoms with E-state index in [1.54, 1.807) is 6.07 Å². The summed E-state index contributed by atoms with van der Waals surface area (Å²) in [7, 11) is 0. The fraction of sp³-hybridized carbons (Fsp3) is 0.647. The van der Waals surface area contributed by atoms with Crippen molar-refractivity contribution in [2.75, 3.05) is 11.9 Å². The molecule has 4 bridgehead atoms. The zero-order chi connectivity index (χ0) is 14.6. The molecule has 0 heterocycles. The minimum atomic E-state index is -0.252. The molecule has 0 amide bonds. The molecule has 114 valence electrons. The van der Waals surface area contributed by atoms with Gasteiger partial charge in [0.15, 0.2) is 0 Å². The first-order valence-corrected chi connectivity index (χ1v) is 8.42. The SMILES string of the molecule is NCC1(Nc2cc(F)ccc2Cl)C2CC3CC(C2)CC1C3. The van der Waals surface area contributed by atoms with Crippen LogP contribution in [0.2, 0.25) is 5.02 Å². The van der Waals surface area contributed by atoms with Crippen LogP contribution in [0.4, 0.5) is 10.1 Å². The van der Waals surface area contributed by atoms with E-state index in [4.69, 9.17) is 17.3 Å². The maximum Gasteiger partial charge on any atom is 0.125 e. The first kappa shape index (κ1) is 13.8. The van der Waals surface area contributed by atoms with Gasteiger partial charge in [0.2, 0.25) is 0 Å². The molecule has 4 aliphatic carbocycles. The first-order valence-electron chi connectivity index (χ1n) is 8.04. The van der Waals surface area contributed by atoms with Gasteiger partial charge in [-0.15, -0.1) is 0 Å². The Kier molecular flexibility index (Phi) is 3.20. The lowest BCUT2D eigenvalue weighted by atomic mass is 9.48.